The van der Waals surface area contributed by atoms with Crippen LogP contribution in [-0.4, -0.2) is 143 Å². The normalized spacial score (nSPS) is 24.8. The summed E-state index contributed by atoms with van der Waals surface area (Å²) in [5.41, 5.74) is 8.63. The molecule has 4 aliphatic rings. The molecule has 4 aliphatic heterocycles. The van der Waals surface area contributed by atoms with Crippen molar-refractivity contribution >= 4 is 46.4 Å². The summed E-state index contributed by atoms with van der Waals surface area (Å²) >= 11 is 1.44. The third kappa shape index (κ3) is 9.21. The van der Waals surface area contributed by atoms with E-state index in [0.29, 0.717) is 49.9 Å². The van der Waals surface area contributed by atoms with Gasteiger partial charge in [0.15, 0.2) is 0 Å². The van der Waals surface area contributed by atoms with E-state index in [1.165, 1.54) is 16.3 Å². The molecule has 4 aromatic rings. The summed E-state index contributed by atoms with van der Waals surface area (Å²) in [7, 11) is 5.47. The molecule has 3 fully saturated rings. The molecule has 1 aromatic carbocycles. The van der Waals surface area contributed by atoms with E-state index in [1.54, 1.807) is 19.1 Å². The number of hydrogen-bond donors (Lipinski definition) is 2. The Labute approximate surface area is 387 Å². The molecule has 65 heavy (non-hydrogen) atoms. The summed E-state index contributed by atoms with van der Waals surface area (Å²) in [4.78, 5) is 72.1. The smallest absolute Gasteiger partial charge is 0.320 e. The number of likely N-dealkylation sites (tertiary alicyclic amines) is 2. The fraction of sp³-hybridized carbons (Fsp3) is 0.592. The maximum Gasteiger partial charge on any atom is 0.320 e. The fourth-order valence-electron chi connectivity index (χ4n) is 10.6. The number of thiazole rings is 1. The highest BCUT2D eigenvalue weighted by Crippen LogP contribution is 2.42. The lowest BCUT2D eigenvalue weighted by molar-refractivity contribution is -0.147. The van der Waals surface area contributed by atoms with Crippen LogP contribution in [0.4, 0.5) is 4.79 Å². The van der Waals surface area contributed by atoms with E-state index in [1.807, 2.05) is 43.3 Å². The van der Waals surface area contributed by atoms with Crippen molar-refractivity contribution in [1.29, 1.82) is 0 Å². The van der Waals surface area contributed by atoms with E-state index in [4.69, 9.17) is 19.4 Å². The van der Waals surface area contributed by atoms with Gasteiger partial charge in [-0.2, -0.15) is 0 Å². The summed E-state index contributed by atoms with van der Waals surface area (Å²) < 4.78 is 14.7. The van der Waals surface area contributed by atoms with Crippen molar-refractivity contribution in [1.82, 2.24) is 45.0 Å². The van der Waals surface area contributed by atoms with Gasteiger partial charge in [-0.1, -0.05) is 33.8 Å². The number of piperidine rings is 1. The molecule has 7 heterocycles. The molecular formula is C49H67N9O6S. The lowest BCUT2D eigenvalue weighted by Crippen LogP contribution is -2.69. The number of benzene rings is 1. The van der Waals surface area contributed by atoms with Gasteiger partial charge in [0.1, 0.15) is 23.9 Å². The summed E-state index contributed by atoms with van der Waals surface area (Å²) in [6, 6.07) is 8.64. The zero-order valence-corrected chi connectivity index (χ0v) is 40.4. The number of methoxy groups -OCH3 is 1. The molecule has 15 nitrogen and oxygen atoms in total. The topological polar surface area (TPSA) is 154 Å². The van der Waals surface area contributed by atoms with Crippen LogP contribution in [0.15, 0.2) is 41.9 Å². The molecule has 3 saturated heterocycles. The Morgan fingerprint density at radius 3 is 2.69 bits per heavy atom. The van der Waals surface area contributed by atoms with Crippen molar-refractivity contribution in [3.05, 3.63) is 58.2 Å². The molecule has 350 valence electrons. The second-order valence-electron chi connectivity index (χ2n) is 19.9. The van der Waals surface area contributed by atoms with Gasteiger partial charge in [-0.3, -0.25) is 19.6 Å². The van der Waals surface area contributed by atoms with Crippen molar-refractivity contribution in [2.45, 2.75) is 110 Å². The number of pyridine rings is 1. The number of aryl methyl sites for hydroxylation is 1. The number of ether oxygens (including phenoxy) is 2. The average Bonchev–Trinajstić information content (AvgIpc) is 3.87. The number of hydrogen-bond acceptors (Lipinski definition) is 11. The zero-order chi connectivity index (χ0) is 46.4. The van der Waals surface area contributed by atoms with E-state index < -0.39 is 23.5 Å². The number of carbonyl (C=O) groups excluding carboxylic acids is 4. The van der Waals surface area contributed by atoms with Crippen LogP contribution in [-0.2, 0) is 43.2 Å². The van der Waals surface area contributed by atoms with E-state index in [2.05, 4.69) is 72.3 Å². The third-order valence-corrected chi connectivity index (χ3v) is 15.0. The van der Waals surface area contributed by atoms with Crippen LogP contribution in [0.2, 0.25) is 0 Å². The number of aromatic nitrogens is 3. The SMILES string of the molecule is CCn1c(-c2cccnc2[C@H](C)OC)c2c3cc(ccc31)-c1csc(n1)C[C@H](NC(=O)[C@H](C(C)C)N(C)C(=O)N1CC3CCN(C)CC31)C(=O)N1CCCC(C=O)(COCC(C)(C)C2)N1. The molecule has 3 unspecified atom stereocenters. The third-order valence-electron chi connectivity index (χ3n) is 14.1. The van der Waals surface area contributed by atoms with Gasteiger partial charge < -0.3 is 38.9 Å². The van der Waals surface area contributed by atoms with Crippen LogP contribution >= 0.6 is 11.3 Å². The predicted octanol–water partition coefficient (Wildman–Crippen LogP) is 5.96. The Bertz CT molecular complexity index is 2410. The first kappa shape index (κ1) is 46.8. The first-order chi connectivity index (χ1) is 31.1. The molecule has 2 N–H and O–H groups in total. The highest BCUT2D eigenvalue weighted by molar-refractivity contribution is 7.10. The lowest BCUT2D eigenvalue weighted by atomic mass is 9.82. The minimum Gasteiger partial charge on any atom is -0.378 e. The number of rotatable bonds is 9. The van der Waals surface area contributed by atoms with Crippen molar-refractivity contribution in [3.8, 4) is 22.5 Å². The van der Waals surface area contributed by atoms with Crippen molar-refractivity contribution < 1.29 is 28.7 Å². The quantitative estimate of drug-likeness (QED) is 0.193. The molecule has 6 bridgehead atoms. The van der Waals surface area contributed by atoms with Gasteiger partial charge in [0, 0.05) is 80.4 Å². The van der Waals surface area contributed by atoms with Crippen molar-refractivity contribution in [2.75, 3.05) is 60.6 Å². The number of nitrogens with zero attached hydrogens (tertiary/aromatic N) is 7. The van der Waals surface area contributed by atoms with Gasteiger partial charge in [-0.25, -0.2) is 15.2 Å². The van der Waals surface area contributed by atoms with Crippen molar-refractivity contribution in [3.63, 3.8) is 0 Å². The van der Waals surface area contributed by atoms with Gasteiger partial charge in [0.25, 0.3) is 5.91 Å². The van der Waals surface area contributed by atoms with Gasteiger partial charge >= 0.3 is 6.03 Å². The minimum absolute atomic E-state index is 0.0544. The molecule has 16 heteroatoms. The monoisotopic (exact) mass is 909 g/mol. The number of hydrazine groups is 1. The van der Waals surface area contributed by atoms with E-state index in [9.17, 15) is 19.2 Å². The van der Waals surface area contributed by atoms with Crippen LogP contribution in [0.25, 0.3) is 33.4 Å². The molecule has 4 amide bonds. The minimum atomic E-state index is -1.16. The van der Waals surface area contributed by atoms with Crippen LogP contribution < -0.4 is 10.7 Å². The lowest BCUT2D eigenvalue weighted by Gasteiger charge is -2.54. The maximum atomic E-state index is 14.8. The number of nitrogens with one attached hydrogen (secondary N) is 2. The standard InChI is InChI=1S/C49H67N9O6S/c1-10-56-39-15-14-32-21-35(39)36(44(56)34-13-11-18-50-42(34)31(4)63-9)23-48(5,6)28-64-29-49(27-59)17-12-19-58(53-49)46(61)37(22-41-51-38(32)26-65-41)52-45(60)43(30(2)3)55(8)47(62)57-24-33-16-20-54(7)25-40(33)57/h11,13-15,18,21,26-27,30-31,33,37,40,43,53H,10,12,16-17,19-20,22-25,28-29H2,1-9H3,(H,52,60)/t31-,33?,37-,40?,43-,49?/m0/s1. The molecular weight excluding hydrogens is 843 g/mol. The van der Waals surface area contributed by atoms with Crippen LogP contribution in [0, 0.1) is 17.3 Å². The van der Waals surface area contributed by atoms with Crippen LogP contribution in [0.1, 0.15) is 83.2 Å². The van der Waals surface area contributed by atoms with Gasteiger partial charge in [-0.15, -0.1) is 11.3 Å². The van der Waals surface area contributed by atoms with Gasteiger partial charge in [0.05, 0.1) is 47.4 Å². The Morgan fingerprint density at radius 1 is 1.15 bits per heavy atom. The molecule has 6 atom stereocenters. The number of urea groups is 1. The van der Waals surface area contributed by atoms with E-state index >= 15 is 0 Å². The first-order valence-corrected chi connectivity index (χ1v) is 24.2. The fourth-order valence-corrected chi connectivity index (χ4v) is 11.4. The largest absolute Gasteiger partial charge is 0.378 e. The van der Waals surface area contributed by atoms with Crippen LogP contribution in [0.5, 0.6) is 0 Å². The molecule has 0 radical (unpaired) electrons. The Kier molecular flexibility index (Phi) is 13.6. The second kappa shape index (κ2) is 18.9. The highest BCUT2D eigenvalue weighted by atomic mass is 32.1. The second-order valence-corrected chi connectivity index (χ2v) is 20.9. The van der Waals surface area contributed by atoms with Gasteiger partial charge in [-0.05, 0) is 100 Å². The Hall–Kier alpha value is -4.74. The van der Waals surface area contributed by atoms with Crippen LogP contribution in [0.3, 0.4) is 0 Å². The summed E-state index contributed by atoms with van der Waals surface area (Å²) in [6.07, 6.45) is 5.29. The number of fused-ring (bicyclic) bond motifs is 7. The molecule has 0 aliphatic carbocycles. The number of aldehydes is 1. The molecule has 3 aromatic heterocycles. The summed E-state index contributed by atoms with van der Waals surface area (Å²) in [5, 5.41) is 8.34. The Morgan fingerprint density at radius 2 is 1.95 bits per heavy atom. The first-order valence-electron chi connectivity index (χ1n) is 23.3. The summed E-state index contributed by atoms with van der Waals surface area (Å²) in [5.74, 6) is -0.573. The van der Waals surface area contributed by atoms with Gasteiger partial charge in [0.2, 0.25) is 5.91 Å². The Balaban J connectivity index is 1.17. The molecule has 8 rings (SSSR count). The predicted molar refractivity (Wildman–Crippen MR) is 252 cm³/mol. The summed E-state index contributed by atoms with van der Waals surface area (Å²) in [6.45, 7) is 16.3. The van der Waals surface area contributed by atoms with Crippen molar-refractivity contribution in [2.24, 2.45) is 17.3 Å². The number of carbonyl (C=O) groups is 4. The maximum absolute atomic E-state index is 14.8. The zero-order valence-electron chi connectivity index (χ0n) is 39.6. The van der Waals surface area contributed by atoms with E-state index in [-0.39, 0.29) is 48.4 Å². The number of likely N-dealkylation sites (N-methyl/N-ethyl adjacent to an activating group) is 2. The highest BCUT2D eigenvalue weighted by Gasteiger charge is 2.47. The van der Waals surface area contributed by atoms with E-state index in [0.717, 1.165) is 77.0 Å². The number of amides is 4. The molecule has 0 spiro atoms. The molecule has 0 saturated carbocycles. The average molecular weight is 910 g/mol.